The smallest absolute Gasteiger partial charge is 0.329 e. The van der Waals surface area contributed by atoms with Crippen molar-refractivity contribution in [3.05, 3.63) is 59.2 Å². The monoisotopic (exact) mass is 407 g/mol. The lowest BCUT2D eigenvalue weighted by molar-refractivity contribution is -0.143. The van der Waals surface area contributed by atoms with Crippen molar-refractivity contribution in [2.75, 3.05) is 0 Å². The van der Waals surface area contributed by atoms with Crippen molar-refractivity contribution in [2.45, 2.75) is 32.1 Å². The summed E-state index contributed by atoms with van der Waals surface area (Å²) in [6.07, 6.45) is -0.849. The topological polar surface area (TPSA) is 89.7 Å². The van der Waals surface area contributed by atoms with E-state index in [0.717, 1.165) is 12.3 Å². The number of pyridine rings is 1. The number of hydrogen-bond donors (Lipinski definition) is 0. The predicted molar refractivity (Wildman–Crippen MR) is 89.2 cm³/mol. The van der Waals surface area contributed by atoms with Crippen LogP contribution in [-0.4, -0.2) is 46.8 Å². The molecule has 0 aromatic carbocycles. The van der Waals surface area contributed by atoms with Crippen molar-refractivity contribution in [1.29, 1.82) is 0 Å². The second kappa shape index (κ2) is 6.87. The Morgan fingerprint density at radius 3 is 2.59 bits per heavy atom. The molecule has 0 saturated carbocycles. The standard InChI is InChI=1S/C17H13F4N7O/c1-9-7-12-11(25-26-28(12)16-23-4-2-5-24-16)8-27(9)15(29)10-3-6-22-14(13(10)18)17(19,20)21/h2-6,9H,7-8H2,1H3/t9-/m0/s1. The lowest BCUT2D eigenvalue weighted by atomic mass is 10.0. The maximum absolute atomic E-state index is 14.3. The van der Waals surface area contributed by atoms with Crippen LogP contribution in [-0.2, 0) is 19.1 Å². The lowest BCUT2D eigenvalue weighted by Crippen LogP contribution is -2.43. The summed E-state index contributed by atoms with van der Waals surface area (Å²) in [5.74, 6) is -2.26. The Hall–Kier alpha value is -3.44. The normalized spacial score (nSPS) is 16.6. The highest BCUT2D eigenvalue weighted by atomic mass is 19.4. The van der Waals surface area contributed by atoms with Crippen LogP contribution >= 0.6 is 0 Å². The van der Waals surface area contributed by atoms with Gasteiger partial charge in [-0.05, 0) is 19.1 Å². The molecule has 0 unspecified atom stereocenters. The average Bonchev–Trinajstić information content (AvgIpc) is 3.09. The summed E-state index contributed by atoms with van der Waals surface area (Å²) in [6.45, 7) is 1.67. The number of carbonyl (C=O) groups excluding carboxylic acids is 1. The van der Waals surface area contributed by atoms with Crippen LogP contribution in [0.1, 0.15) is 34.4 Å². The number of alkyl halides is 3. The molecule has 8 nitrogen and oxygen atoms in total. The summed E-state index contributed by atoms with van der Waals surface area (Å²) in [4.78, 5) is 25.3. The van der Waals surface area contributed by atoms with Gasteiger partial charge in [0, 0.05) is 31.1 Å². The molecule has 12 heteroatoms. The van der Waals surface area contributed by atoms with Crippen LogP contribution in [0, 0.1) is 5.82 Å². The Kier molecular flexibility index (Phi) is 4.47. The maximum Gasteiger partial charge on any atom is 0.436 e. The van der Waals surface area contributed by atoms with E-state index in [1.54, 1.807) is 25.4 Å². The molecule has 4 rings (SSSR count). The minimum Gasteiger partial charge on any atom is -0.329 e. The van der Waals surface area contributed by atoms with Gasteiger partial charge in [0.2, 0.25) is 0 Å². The van der Waals surface area contributed by atoms with Crippen molar-refractivity contribution in [2.24, 2.45) is 0 Å². The third kappa shape index (κ3) is 3.30. The third-order valence-electron chi connectivity index (χ3n) is 4.58. The molecule has 3 aromatic heterocycles. The Balaban J connectivity index is 1.66. The zero-order valence-corrected chi connectivity index (χ0v) is 14.9. The molecule has 1 atom stereocenters. The van der Waals surface area contributed by atoms with E-state index in [0.29, 0.717) is 23.8 Å². The van der Waals surface area contributed by atoms with Crippen molar-refractivity contribution in [1.82, 2.24) is 34.8 Å². The minimum atomic E-state index is -5.00. The van der Waals surface area contributed by atoms with Gasteiger partial charge in [-0.1, -0.05) is 5.21 Å². The van der Waals surface area contributed by atoms with Gasteiger partial charge in [-0.25, -0.2) is 19.3 Å². The van der Waals surface area contributed by atoms with Crippen LogP contribution in [0.25, 0.3) is 5.95 Å². The maximum atomic E-state index is 14.3. The highest BCUT2D eigenvalue weighted by Gasteiger charge is 2.39. The molecular formula is C17H13F4N7O. The number of hydrogen-bond acceptors (Lipinski definition) is 6. The Bertz CT molecular complexity index is 1070. The minimum absolute atomic E-state index is 0.0364. The predicted octanol–water partition coefficient (Wildman–Crippen LogP) is 2.20. The molecule has 29 heavy (non-hydrogen) atoms. The van der Waals surface area contributed by atoms with Gasteiger partial charge in [0.25, 0.3) is 11.9 Å². The van der Waals surface area contributed by atoms with Gasteiger partial charge in [0.15, 0.2) is 11.5 Å². The highest BCUT2D eigenvalue weighted by Crippen LogP contribution is 2.32. The Morgan fingerprint density at radius 2 is 1.90 bits per heavy atom. The molecule has 4 heterocycles. The Morgan fingerprint density at radius 1 is 1.17 bits per heavy atom. The van der Waals surface area contributed by atoms with E-state index in [2.05, 4.69) is 25.3 Å². The average molecular weight is 407 g/mol. The van der Waals surface area contributed by atoms with Crippen molar-refractivity contribution in [3.8, 4) is 5.95 Å². The van der Waals surface area contributed by atoms with E-state index in [9.17, 15) is 22.4 Å². The molecule has 150 valence electrons. The van der Waals surface area contributed by atoms with E-state index in [-0.39, 0.29) is 6.54 Å². The second-order valence-electron chi connectivity index (χ2n) is 6.45. The van der Waals surface area contributed by atoms with E-state index < -0.39 is 35.2 Å². The first kappa shape index (κ1) is 18.9. The molecule has 0 spiro atoms. The number of aromatic nitrogens is 6. The van der Waals surface area contributed by atoms with Crippen molar-refractivity contribution in [3.63, 3.8) is 0 Å². The van der Waals surface area contributed by atoms with E-state index in [1.807, 2.05) is 0 Å². The zero-order valence-electron chi connectivity index (χ0n) is 14.9. The number of rotatable bonds is 2. The van der Waals surface area contributed by atoms with Crippen LogP contribution in [0.5, 0.6) is 0 Å². The summed E-state index contributed by atoms with van der Waals surface area (Å²) in [5.41, 5.74) is -1.30. The number of nitrogens with zero attached hydrogens (tertiary/aromatic N) is 7. The first-order valence-corrected chi connectivity index (χ1v) is 8.51. The van der Waals surface area contributed by atoms with Gasteiger partial charge < -0.3 is 4.90 Å². The molecular weight excluding hydrogens is 394 g/mol. The second-order valence-corrected chi connectivity index (χ2v) is 6.45. The molecule has 0 radical (unpaired) electrons. The summed E-state index contributed by atoms with van der Waals surface area (Å²) < 4.78 is 54.5. The molecule has 0 fully saturated rings. The lowest BCUT2D eigenvalue weighted by Gasteiger charge is -2.33. The van der Waals surface area contributed by atoms with Gasteiger partial charge in [0.1, 0.15) is 5.69 Å². The van der Waals surface area contributed by atoms with Crippen LogP contribution < -0.4 is 0 Å². The Labute approximate surface area is 161 Å². The van der Waals surface area contributed by atoms with Crippen LogP contribution in [0.4, 0.5) is 17.6 Å². The SMILES string of the molecule is C[C@H]1Cc2c(nnn2-c2ncccn2)CN1C(=O)c1ccnc(C(F)(F)F)c1F. The zero-order chi connectivity index (χ0) is 20.8. The van der Waals surface area contributed by atoms with Crippen LogP contribution in [0.15, 0.2) is 30.7 Å². The molecule has 1 aliphatic heterocycles. The number of halogens is 4. The molecule has 0 aliphatic carbocycles. The summed E-state index contributed by atoms with van der Waals surface area (Å²) in [6, 6.07) is 2.14. The molecule has 0 N–H and O–H groups in total. The molecule has 1 aliphatic rings. The summed E-state index contributed by atoms with van der Waals surface area (Å²) in [5, 5.41) is 8.03. The number of amides is 1. The molecule has 3 aromatic rings. The van der Waals surface area contributed by atoms with Gasteiger partial charge in [-0.15, -0.1) is 5.10 Å². The first-order chi connectivity index (χ1) is 13.8. The number of fused-ring (bicyclic) bond motifs is 1. The molecule has 0 bridgehead atoms. The fourth-order valence-corrected chi connectivity index (χ4v) is 3.16. The summed E-state index contributed by atoms with van der Waals surface area (Å²) >= 11 is 0. The van der Waals surface area contributed by atoms with Crippen LogP contribution in [0.2, 0.25) is 0 Å². The van der Waals surface area contributed by atoms with Gasteiger partial charge in [-0.2, -0.15) is 17.9 Å². The van der Waals surface area contributed by atoms with Gasteiger partial charge in [-0.3, -0.25) is 4.79 Å². The van der Waals surface area contributed by atoms with Crippen molar-refractivity contribution >= 4 is 5.91 Å². The number of carbonyl (C=O) groups is 1. The fourth-order valence-electron chi connectivity index (χ4n) is 3.16. The quantitative estimate of drug-likeness (QED) is 0.605. The third-order valence-corrected chi connectivity index (χ3v) is 4.58. The summed E-state index contributed by atoms with van der Waals surface area (Å²) in [7, 11) is 0. The van der Waals surface area contributed by atoms with Crippen molar-refractivity contribution < 1.29 is 22.4 Å². The highest BCUT2D eigenvalue weighted by molar-refractivity contribution is 5.95. The van der Waals surface area contributed by atoms with E-state index >= 15 is 0 Å². The first-order valence-electron chi connectivity index (χ1n) is 8.51. The van der Waals surface area contributed by atoms with Crippen LogP contribution in [0.3, 0.4) is 0 Å². The van der Waals surface area contributed by atoms with E-state index in [4.69, 9.17) is 0 Å². The fraction of sp³-hybridized carbons (Fsp3) is 0.294. The largest absolute Gasteiger partial charge is 0.436 e. The van der Waals surface area contributed by atoms with Gasteiger partial charge >= 0.3 is 6.18 Å². The molecule has 0 saturated heterocycles. The molecule has 1 amide bonds. The van der Waals surface area contributed by atoms with Gasteiger partial charge in [0.05, 0.1) is 17.8 Å². The van der Waals surface area contributed by atoms with E-state index in [1.165, 1.54) is 9.58 Å².